The van der Waals surface area contributed by atoms with Crippen molar-refractivity contribution in [1.82, 2.24) is 20.0 Å². The van der Waals surface area contributed by atoms with Crippen LogP contribution in [0, 0.1) is 0 Å². The molecule has 6 nitrogen and oxygen atoms in total. The number of H-pyrrole nitrogens is 1. The lowest BCUT2D eigenvalue weighted by molar-refractivity contribution is 0.0694. The van der Waals surface area contributed by atoms with Crippen LogP contribution in [0.4, 0.5) is 0 Å². The molecule has 1 fully saturated rings. The van der Waals surface area contributed by atoms with Crippen LogP contribution < -0.4 is 0 Å². The van der Waals surface area contributed by atoms with Crippen molar-refractivity contribution in [3.8, 4) is 0 Å². The van der Waals surface area contributed by atoms with Gasteiger partial charge in [0.1, 0.15) is 11.6 Å². The molecular weight excluding hydrogens is 316 g/mol. The number of hydrogen-bond acceptors (Lipinski definition) is 4. The van der Waals surface area contributed by atoms with E-state index >= 15 is 0 Å². The van der Waals surface area contributed by atoms with Gasteiger partial charge in [-0.1, -0.05) is 31.1 Å². The van der Waals surface area contributed by atoms with Gasteiger partial charge in [-0.2, -0.15) is 0 Å². The zero-order valence-corrected chi connectivity index (χ0v) is 14.5. The van der Waals surface area contributed by atoms with Gasteiger partial charge < -0.3 is 14.4 Å². The largest absolute Gasteiger partial charge is 0.360 e. The van der Waals surface area contributed by atoms with E-state index < -0.39 is 0 Å². The Morgan fingerprint density at radius 1 is 1.36 bits per heavy atom. The van der Waals surface area contributed by atoms with Crippen LogP contribution >= 0.6 is 0 Å². The molecule has 1 N–H and O–H groups in total. The number of aromatic amines is 1. The smallest absolute Gasteiger partial charge is 0.276 e. The topological polar surface area (TPSA) is 75.0 Å². The van der Waals surface area contributed by atoms with E-state index in [1.165, 1.54) is 0 Å². The lowest BCUT2D eigenvalue weighted by Crippen LogP contribution is -2.39. The van der Waals surface area contributed by atoms with Crippen molar-refractivity contribution in [2.75, 3.05) is 13.1 Å². The van der Waals surface area contributed by atoms with E-state index in [0.717, 1.165) is 42.0 Å². The highest BCUT2D eigenvalue weighted by molar-refractivity contribution is 5.92. The summed E-state index contributed by atoms with van der Waals surface area (Å²) in [6.45, 7) is 5.45. The van der Waals surface area contributed by atoms with Crippen molar-refractivity contribution in [2.24, 2.45) is 0 Å². The number of hydrogen-bond donors (Lipinski definition) is 1. The van der Waals surface area contributed by atoms with Crippen LogP contribution in [0.25, 0.3) is 11.0 Å². The molecule has 25 heavy (non-hydrogen) atoms. The first-order chi connectivity index (χ1) is 12.1. The number of para-hydroxylation sites is 2. The van der Waals surface area contributed by atoms with Crippen LogP contribution in [-0.2, 0) is 0 Å². The summed E-state index contributed by atoms with van der Waals surface area (Å²) >= 11 is 0. The Morgan fingerprint density at radius 3 is 2.96 bits per heavy atom. The molecule has 0 spiro atoms. The summed E-state index contributed by atoms with van der Waals surface area (Å²) in [5.74, 6) is 2.09. The molecule has 130 valence electrons. The summed E-state index contributed by atoms with van der Waals surface area (Å²) in [6, 6.07) is 9.78. The minimum absolute atomic E-state index is 0.0588. The fourth-order valence-electron chi connectivity index (χ4n) is 3.37. The van der Waals surface area contributed by atoms with Crippen LogP contribution in [0.1, 0.15) is 60.6 Å². The fourth-order valence-corrected chi connectivity index (χ4v) is 3.37. The molecule has 1 amide bonds. The molecule has 0 aliphatic carbocycles. The quantitative estimate of drug-likeness (QED) is 0.790. The number of likely N-dealkylation sites (tertiary alicyclic amines) is 1. The third-order valence-electron chi connectivity index (χ3n) is 4.82. The highest BCUT2D eigenvalue weighted by Gasteiger charge is 2.29. The van der Waals surface area contributed by atoms with Crippen LogP contribution in [0.5, 0.6) is 0 Å². The monoisotopic (exact) mass is 338 g/mol. The lowest BCUT2D eigenvalue weighted by Gasteiger charge is -2.31. The van der Waals surface area contributed by atoms with Gasteiger partial charge in [0, 0.05) is 31.0 Å². The Kier molecular flexibility index (Phi) is 4.03. The number of carbonyl (C=O) groups is 1. The lowest BCUT2D eigenvalue weighted by atomic mass is 9.97. The summed E-state index contributed by atoms with van der Waals surface area (Å²) in [7, 11) is 0. The van der Waals surface area contributed by atoms with Gasteiger partial charge in [0.2, 0.25) is 0 Å². The van der Waals surface area contributed by atoms with E-state index in [1.54, 1.807) is 6.07 Å². The molecule has 1 unspecified atom stereocenters. The fraction of sp³-hybridized carbons (Fsp3) is 0.421. The van der Waals surface area contributed by atoms with Gasteiger partial charge >= 0.3 is 0 Å². The summed E-state index contributed by atoms with van der Waals surface area (Å²) in [5, 5.41) is 3.96. The highest BCUT2D eigenvalue weighted by Crippen LogP contribution is 2.28. The molecule has 0 radical (unpaired) electrons. The molecule has 6 heteroatoms. The van der Waals surface area contributed by atoms with E-state index in [-0.39, 0.29) is 17.7 Å². The Bertz CT molecular complexity index is 863. The number of aromatic nitrogens is 3. The van der Waals surface area contributed by atoms with Gasteiger partial charge in [0.25, 0.3) is 5.91 Å². The number of imidazole rings is 1. The third kappa shape index (κ3) is 3.04. The van der Waals surface area contributed by atoms with Crippen molar-refractivity contribution in [3.05, 3.63) is 47.6 Å². The summed E-state index contributed by atoms with van der Waals surface area (Å²) < 4.78 is 5.27. The Labute approximate surface area is 146 Å². The van der Waals surface area contributed by atoms with E-state index in [1.807, 2.05) is 43.0 Å². The first-order valence-electron chi connectivity index (χ1n) is 8.82. The van der Waals surface area contributed by atoms with Gasteiger partial charge in [-0.3, -0.25) is 4.79 Å². The average Bonchev–Trinajstić information content (AvgIpc) is 3.28. The molecule has 3 aromatic rings. The number of piperidine rings is 1. The zero-order valence-electron chi connectivity index (χ0n) is 14.5. The first-order valence-corrected chi connectivity index (χ1v) is 8.82. The molecule has 1 aromatic carbocycles. The molecule has 1 aliphatic heterocycles. The van der Waals surface area contributed by atoms with Crippen LogP contribution in [-0.4, -0.2) is 39.0 Å². The van der Waals surface area contributed by atoms with E-state index in [2.05, 4.69) is 10.1 Å². The van der Waals surface area contributed by atoms with Gasteiger partial charge in [-0.05, 0) is 25.0 Å². The second-order valence-corrected chi connectivity index (χ2v) is 7.00. The molecule has 2 aromatic heterocycles. The van der Waals surface area contributed by atoms with Gasteiger partial charge in [0.05, 0.1) is 11.0 Å². The van der Waals surface area contributed by atoms with Gasteiger partial charge in [0.15, 0.2) is 5.69 Å². The van der Waals surface area contributed by atoms with Crippen LogP contribution in [0.15, 0.2) is 34.9 Å². The highest BCUT2D eigenvalue weighted by atomic mass is 16.5. The average molecular weight is 338 g/mol. The van der Waals surface area contributed by atoms with Crippen LogP contribution in [0.2, 0.25) is 0 Å². The van der Waals surface area contributed by atoms with Crippen molar-refractivity contribution < 1.29 is 9.32 Å². The minimum Gasteiger partial charge on any atom is -0.360 e. The number of nitrogens with zero attached hydrogens (tertiary/aromatic N) is 3. The van der Waals surface area contributed by atoms with E-state index in [9.17, 15) is 4.79 Å². The standard InChI is InChI=1S/C19H22N4O2/c1-12(2)17-10-16(22-25-17)19(24)23-9-5-6-13(11-23)18-20-14-7-3-4-8-15(14)21-18/h3-4,7-8,10,12-13H,5-6,9,11H2,1-2H3,(H,20,21). The zero-order chi connectivity index (χ0) is 17.4. The molecule has 0 bridgehead atoms. The maximum Gasteiger partial charge on any atom is 0.276 e. The van der Waals surface area contributed by atoms with Crippen LogP contribution in [0.3, 0.4) is 0 Å². The van der Waals surface area contributed by atoms with Crippen molar-refractivity contribution in [2.45, 2.75) is 38.5 Å². The van der Waals surface area contributed by atoms with Crippen molar-refractivity contribution in [3.63, 3.8) is 0 Å². The second-order valence-electron chi connectivity index (χ2n) is 7.00. The number of fused-ring (bicyclic) bond motifs is 1. The third-order valence-corrected chi connectivity index (χ3v) is 4.82. The second kappa shape index (κ2) is 6.35. The van der Waals surface area contributed by atoms with Crippen molar-refractivity contribution >= 4 is 16.9 Å². The number of benzene rings is 1. The number of rotatable bonds is 3. The van der Waals surface area contributed by atoms with E-state index in [0.29, 0.717) is 12.2 Å². The number of carbonyl (C=O) groups excluding carboxylic acids is 1. The molecule has 0 saturated carbocycles. The molecular formula is C19H22N4O2. The Hall–Kier alpha value is -2.63. The molecule has 1 atom stereocenters. The number of nitrogens with one attached hydrogen (secondary N) is 1. The van der Waals surface area contributed by atoms with Gasteiger partial charge in [-0.15, -0.1) is 0 Å². The molecule has 4 rings (SSSR count). The number of amides is 1. The summed E-state index contributed by atoms with van der Waals surface area (Å²) in [5.41, 5.74) is 2.41. The Morgan fingerprint density at radius 2 is 2.20 bits per heavy atom. The molecule has 1 aliphatic rings. The SMILES string of the molecule is CC(C)c1cc(C(=O)N2CCCC(c3nc4ccccc4[nH]3)C2)no1. The maximum atomic E-state index is 12.8. The predicted molar refractivity (Wildman–Crippen MR) is 94.6 cm³/mol. The predicted octanol–water partition coefficient (Wildman–Crippen LogP) is 3.69. The van der Waals surface area contributed by atoms with Gasteiger partial charge in [-0.25, -0.2) is 4.98 Å². The summed E-state index contributed by atoms with van der Waals surface area (Å²) in [6.07, 6.45) is 1.99. The summed E-state index contributed by atoms with van der Waals surface area (Å²) in [4.78, 5) is 22.7. The molecule has 3 heterocycles. The molecule has 1 saturated heterocycles. The first kappa shape index (κ1) is 15.9. The Balaban J connectivity index is 1.52. The minimum atomic E-state index is -0.0588. The maximum absolute atomic E-state index is 12.8. The van der Waals surface area contributed by atoms with Crippen molar-refractivity contribution in [1.29, 1.82) is 0 Å². The van der Waals surface area contributed by atoms with E-state index in [4.69, 9.17) is 9.51 Å². The normalized spacial score (nSPS) is 18.2.